The van der Waals surface area contributed by atoms with Gasteiger partial charge in [0.05, 0.1) is 56.0 Å². The standard InChI is InChI=1S/C44H42F3N7O7/c1-50-20-29(27-18-38(48-19-28(27)42(50)57)53-10-12-61-13-11-53)25-16-36(59-3)31(37(17-25)60-4)22-52-21-30-32(44(46,47)23-52)14-24(15-33(30)45)26-6-5-7-34-40(26)51(2)43(58)54(34)35-8-9-39(55)49-41(35)56/h5-7,14-20,35H,8-13,21-23H2,1-4H3,(H,49,55,56). The third-order valence-corrected chi connectivity index (χ3v) is 12.0. The van der Waals surface area contributed by atoms with Crippen molar-refractivity contribution in [1.82, 2.24) is 28.9 Å². The van der Waals surface area contributed by atoms with E-state index in [0.29, 0.717) is 87.7 Å². The molecule has 3 aromatic carbocycles. The number of methoxy groups -OCH3 is 2. The Kier molecular flexibility index (Phi) is 9.97. The Hall–Kier alpha value is -6.46. The number of imidazole rings is 1. The van der Waals surface area contributed by atoms with Crippen LogP contribution in [0.25, 0.3) is 44.1 Å². The molecule has 0 radical (unpaired) electrons. The van der Waals surface area contributed by atoms with Crippen molar-refractivity contribution in [2.75, 3.05) is 52.0 Å². The van der Waals surface area contributed by atoms with Crippen LogP contribution in [-0.2, 0) is 47.4 Å². The fourth-order valence-corrected chi connectivity index (χ4v) is 9.00. The second-order valence-corrected chi connectivity index (χ2v) is 15.7. The zero-order chi connectivity index (χ0) is 42.9. The topological polar surface area (TPSA) is 142 Å². The molecule has 1 unspecified atom stereocenters. The minimum atomic E-state index is -3.50. The third-order valence-electron chi connectivity index (χ3n) is 12.0. The van der Waals surface area contributed by atoms with E-state index in [0.717, 1.165) is 0 Å². The first-order valence-electron chi connectivity index (χ1n) is 19.8. The zero-order valence-electron chi connectivity index (χ0n) is 33.9. The second kappa shape index (κ2) is 15.2. The molecule has 3 aliphatic rings. The van der Waals surface area contributed by atoms with Gasteiger partial charge in [0.25, 0.3) is 11.5 Å². The van der Waals surface area contributed by atoms with Gasteiger partial charge in [-0.25, -0.2) is 14.2 Å². The first-order chi connectivity index (χ1) is 29.3. The molecule has 0 saturated carbocycles. The number of pyridine rings is 2. The first-order valence-corrected chi connectivity index (χ1v) is 19.8. The lowest BCUT2D eigenvalue weighted by molar-refractivity contribution is -0.135. The molecule has 14 nitrogen and oxygen atoms in total. The number of alkyl halides is 2. The molecule has 9 rings (SSSR count). The Balaban J connectivity index is 1.06. The number of amides is 2. The fourth-order valence-electron chi connectivity index (χ4n) is 9.00. The van der Waals surface area contributed by atoms with Crippen molar-refractivity contribution in [2.45, 2.75) is 37.9 Å². The highest BCUT2D eigenvalue weighted by molar-refractivity contribution is 6.01. The lowest BCUT2D eigenvalue weighted by Gasteiger charge is -2.35. The highest BCUT2D eigenvalue weighted by atomic mass is 19.3. The number of carbonyl (C=O) groups excluding carboxylic acids is 2. The normalized spacial score (nSPS) is 18.1. The van der Waals surface area contributed by atoms with Gasteiger partial charge >= 0.3 is 5.69 Å². The van der Waals surface area contributed by atoms with Crippen LogP contribution in [0.3, 0.4) is 0 Å². The van der Waals surface area contributed by atoms with Gasteiger partial charge in [0.1, 0.15) is 29.2 Å². The van der Waals surface area contributed by atoms with E-state index < -0.39 is 47.4 Å². The van der Waals surface area contributed by atoms with Crippen molar-refractivity contribution in [1.29, 1.82) is 0 Å². The number of ether oxygens (including phenoxy) is 3. The van der Waals surface area contributed by atoms with Crippen molar-refractivity contribution >= 4 is 39.4 Å². The predicted molar refractivity (Wildman–Crippen MR) is 221 cm³/mol. The number of hydrogen-bond donors (Lipinski definition) is 1. The average Bonchev–Trinajstić information content (AvgIpc) is 3.50. The maximum Gasteiger partial charge on any atom is 0.329 e. The molecular weight excluding hydrogens is 796 g/mol. The summed E-state index contributed by atoms with van der Waals surface area (Å²) in [6.45, 7) is 1.47. The number of hydrogen-bond acceptors (Lipinski definition) is 10. The smallest absolute Gasteiger partial charge is 0.329 e. The van der Waals surface area contributed by atoms with Crippen LogP contribution in [0, 0.1) is 5.82 Å². The van der Waals surface area contributed by atoms with Gasteiger partial charge in [0.2, 0.25) is 11.8 Å². The van der Waals surface area contributed by atoms with E-state index >= 15 is 13.2 Å². The first kappa shape index (κ1) is 40.0. The Morgan fingerprint density at radius 2 is 1.66 bits per heavy atom. The van der Waals surface area contributed by atoms with E-state index in [1.165, 1.54) is 52.0 Å². The van der Waals surface area contributed by atoms with Crippen LogP contribution < -0.4 is 30.9 Å². The van der Waals surface area contributed by atoms with E-state index in [9.17, 15) is 19.2 Å². The van der Waals surface area contributed by atoms with Gasteiger partial charge in [-0.05, 0) is 53.9 Å². The molecule has 3 aromatic heterocycles. The largest absolute Gasteiger partial charge is 0.496 e. The van der Waals surface area contributed by atoms with E-state index in [2.05, 4.69) is 15.2 Å². The number of rotatable bonds is 8. The van der Waals surface area contributed by atoms with Gasteiger partial charge in [-0.2, -0.15) is 8.78 Å². The summed E-state index contributed by atoms with van der Waals surface area (Å²) < 4.78 is 70.4. The summed E-state index contributed by atoms with van der Waals surface area (Å²) in [5.41, 5.74) is 1.61. The van der Waals surface area contributed by atoms with Crippen molar-refractivity contribution in [3.8, 4) is 33.8 Å². The van der Waals surface area contributed by atoms with Gasteiger partial charge in [0.15, 0.2) is 0 Å². The Bertz CT molecular complexity index is 2890. The van der Waals surface area contributed by atoms with Crippen LogP contribution in [0.2, 0.25) is 0 Å². The van der Waals surface area contributed by atoms with Gasteiger partial charge in [0, 0.05) is 86.7 Å². The van der Waals surface area contributed by atoms with Crippen LogP contribution in [0.15, 0.2) is 70.5 Å². The van der Waals surface area contributed by atoms with Gasteiger partial charge in [-0.15, -0.1) is 0 Å². The van der Waals surface area contributed by atoms with E-state index in [1.807, 2.05) is 6.07 Å². The Morgan fingerprint density at radius 3 is 2.36 bits per heavy atom. The number of nitrogens with one attached hydrogen (secondary N) is 1. The molecule has 6 aromatic rings. The number of benzene rings is 3. The number of carbonyl (C=O) groups is 2. The molecule has 3 aliphatic heterocycles. The summed E-state index contributed by atoms with van der Waals surface area (Å²) in [6, 6.07) is 11.8. The average molecular weight is 838 g/mol. The number of anilines is 1. The van der Waals surface area contributed by atoms with Crippen molar-refractivity contribution in [3.63, 3.8) is 0 Å². The molecule has 2 saturated heterocycles. The maximum atomic E-state index is 16.4. The van der Waals surface area contributed by atoms with Crippen LogP contribution in [0.4, 0.5) is 19.0 Å². The lowest BCUT2D eigenvalue weighted by Crippen LogP contribution is -2.44. The lowest BCUT2D eigenvalue weighted by atomic mass is 9.90. The summed E-state index contributed by atoms with van der Waals surface area (Å²) >= 11 is 0. The number of piperidine rings is 1. The van der Waals surface area contributed by atoms with Crippen molar-refractivity contribution in [2.24, 2.45) is 14.1 Å². The summed E-state index contributed by atoms with van der Waals surface area (Å²) in [6.07, 6.45) is 3.48. The SMILES string of the molecule is COc1cc(-c2cn(C)c(=O)c3cnc(N4CCOCC4)cc23)cc(OC)c1CN1Cc2c(F)cc(-c3cccc4c3n(C)c(=O)n4C3CCC(=O)NC3=O)cc2C(F)(F)C1. The Labute approximate surface area is 346 Å². The molecule has 0 aliphatic carbocycles. The third kappa shape index (κ3) is 6.81. The molecule has 316 valence electrons. The van der Waals surface area contributed by atoms with Crippen molar-refractivity contribution < 1.29 is 37.0 Å². The van der Waals surface area contributed by atoms with Gasteiger partial charge in [-0.3, -0.25) is 33.7 Å². The number of halogens is 3. The highest BCUT2D eigenvalue weighted by Gasteiger charge is 2.42. The Morgan fingerprint density at radius 1 is 0.934 bits per heavy atom. The minimum absolute atomic E-state index is 0.0507. The minimum Gasteiger partial charge on any atom is -0.496 e. The molecular formula is C44H42F3N7O7. The number of aryl methyl sites for hydroxylation is 2. The summed E-state index contributed by atoms with van der Waals surface area (Å²) in [7, 11) is 6.09. The molecule has 6 heterocycles. The van der Waals surface area contributed by atoms with Crippen molar-refractivity contribution in [3.05, 3.63) is 104 Å². The van der Waals surface area contributed by atoms with Crippen LogP contribution in [-0.4, -0.2) is 82.5 Å². The molecule has 0 spiro atoms. The van der Waals surface area contributed by atoms with E-state index in [-0.39, 0.29) is 42.6 Å². The molecule has 2 fully saturated rings. The number of morpholine rings is 1. The number of para-hydroxylation sites is 1. The number of imide groups is 1. The molecule has 0 bridgehead atoms. The molecule has 1 atom stereocenters. The maximum absolute atomic E-state index is 16.4. The summed E-state index contributed by atoms with van der Waals surface area (Å²) in [4.78, 5) is 59.5. The van der Waals surface area contributed by atoms with E-state index in [4.69, 9.17) is 14.2 Å². The molecule has 17 heteroatoms. The monoisotopic (exact) mass is 837 g/mol. The number of fused-ring (bicyclic) bond motifs is 3. The van der Waals surface area contributed by atoms with E-state index in [1.54, 1.807) is 49.8 Å². The number of nitrogens with zero attached hydrogens (tertiary/aromatic N) is 6. The molecule has 1 N–H and O–H groups in total. The highest BCUT2D eigenvalue weighted by Crippen LogP contribution is 2.44. The predicted octanol–water partition coefficient (Wildman–Crippen LogP) is 5.00. The molecule has 61 heavy (non-hydrogen) atoms. The second-order valence-electron chi connectivity index (χ2n) is 15.7. The molecule has 2 amide bonds. The van der Waals surface area contributed by atoms with Crippen LogP contribution >= 0.6 is 0 Å². The zero-order valence-corrected chi connectivity index (χ0v) is 33.9. The van der Waals surface area contributed by atoms with Gasteiger partial charge in [-0.1, -0.05) is 12.1 Å². The van der Waals surface area contributed by atoms with Crippen LogP contribution in [0.5, 0.6) is 11.5 Å². The van der Waals surface area contributed by atoms with Crippen LogP contribution in [0.1, 0.15) is 35.6 Å². The van der Waals surface area contributed by atoms with Gasteiger partial charge < -0.3 is 23.7 Å². The summed E-state index contributed by atoms with van der Waals surface area (Å²) in [5.74, 6) is -3.97. The summed E-state index contributed by atoms with van der Waals surface area (Å²) in [5, 5.41) is 3.36. The quantitative estimate of drug-likeness (QED) is 0.208. The fraction of sp³-hybridized carbons (Fsp3) is 0.341. The number of aromatic nitrogens is 4.